The number of hydrogen-bond donors (Lipinski definition) is 1. The molecule has 2 unspecified atom stereocenters. The molecule has 1 fully saturated rings. The molecule has 2 aliphatic heterocycles. The maximum Gasteiger partial charge on any atom is 0.0683 e. The second-order valence-electron chi connectivity index (χ2n) is 4.98. The van der Waals surface area contributed by atoms with Crippen LogP contribution in [0.5, 0.6) is 0 Å². The molecule has 0 aromatic heterocycles. The molecule has 0 radical (unpaired) electrons. The Labute approximate surface area is 86.6 Å². The van der Waals surface area contributed by atoms with E-state index in [0.29, 0.717) is 12.1 Å². The number of hydrogen-bond acceptors (Lipinski definition) is 3. The molecule has 14 heavy (non-hydrogen) atoms. The summed E-state index contributed by atoms with van der Waals surface area (Å²) in [6.45, 7) is 10.1. The highest BCUT2D eigenvalue weighted by Gasteiger charge is 2.38. The predicted octanol–water partition coefficient (Wildman–Crippen LogP) is 0.902. The molecule has 1 spiro atoms. The normalized spacial score (nSPS) is 38.7. The van der Waals surface area contributed by atoms with Gasteiger partial charge in [-0.25, -0.2) is 0 Å². The molecular weight excluding hydrogens is 174 g/mol. The molecular formula is C11H21N3. The van der Waals surface area contributed by atoms with Crippen molar-refractivity contribution in [3.63, 3.8) is 0 Å². The first-order valence-corrected chi connectivity index (χ1v) is 5.65. The fraction of sp³-hybridized carbons (Fsp3) is 0.909. The summed E-state index contributed by atoms with van der Waals surface area (Å²) in [6.07, 6.45) is 3.31. The molecule has 2 aliphatic rings. The lowest BCUT2D eigenvalue weighted by molar-refractivity contribution is 0.138. The fourth-order valence-electron chi connectivity index (χ4n) is 2.51. The van der Waals surface area contributed by atoms with E-state index in [0.717, 1.165) is 19.5 Å². The number of rotatable bonds is 1. The second-order valence-corrected chi connectivity index (χ2v) is 4.98. The number of piperazine rings is 1. The van der Waals surface area contributed by atoms with Crippen molar-refractivity contribution in [3.8, 4) is 0 Å². The van der Waals surface area contributed by atoms with E-state index in [2.05, 4.69) is 42.2 Å². The van der Waals surface area contributed by atoms with Gasteiger partial charge in [-0.2, -0.15) is 0 Å². The lowest BCUT2D eigenvalue weighted by atomic mass is 9.93. The second kappa shape index (κ2) is 3.63. The highest BCUT2D eigenvalue weighted by Crippen LogP contribution is 2.24. The number of aliphatic imine (C=N–C) groups is 1. The minimum Gasteiger partial charge on any atom is -0.304 e. The van der Waals surface area contributed by atoms with Crippen LogP contribution in [0.2, 0.25) is 0 Å². The van der Waals surface area contributed by atoms with E-state index in [1.54, 1.807) is 0 Å². The third-order valence-electron chi connectivity index (χ3n) is 3.33. The molecule has 0 aromatic rings. The molecule has 2 rings (SSSR count). The van der Waals surface area contributed by atoms with Crippen LogP contribution in [0.25, 0.3) is 0 Å². The SMILES string of the molecule is CC1CC2(C=N1)CN(C(C)C)CCN2. The molecule has 3 heteroatoms. The molecule has 1 saturated heterocycles. The van der Waals surface area contributed by atoms with E-state index in [9.17, 15) is 0 Å². The zero-order chi connectivity index (χ0) is 10.2. The Hall–Kier alpha value is -0.410. The molecule has 2 heterocycles. The minimum atomic E-state index is 0.182. The van der Waals surface area contributed by atoms with E-state index >= 15 is 0 Å². The molecule has 0 bridgehead atoms. The van der Waals surface area contributed by atoms with Crippen molar-refractivity contribution in [3.05, 3.63) is 0 Å². The summed E-state index contributed by atoms with van der Waals surface area (Å²) in [7, 11) is 0. The summed E-state index contributed by atoms with van der Waals surface area (Å²) in [6, 6.07) is 1.15. The lowest BCUT2D eigenvalue weighted by Gasteiger charge is -2.41. The van der Waals surface area contributed by atoms with Crippen molar-refractivity contribution in [2.75, 3.05) is 19.6 Å². The first-order chi connectivity index (χ1) is 6.61. The van der Waals surface area contributed by atoms with E-state index in [-0.39, 0.29) is 5.54 Å². The average molecular weight is 195 g/mol. The molecule has 0 aromatic carbocycles. The molecule has 0 saturated carbocycles. The van der Waals surface area contributed by atoms with Crippen LogP contribution < -0.4 is 5.32 Å². The van der Waals surface area contributed by atoms with Crippen LogP contribution in [-0.2, 0) is 0 Å². The monoisotopic (exact) mass is 195 g/mol. The van der Waals surface area contributed by atoms with E-state index in [1.807, 2.05) is 0 Å². The van der Waals surface area contributed by atoms with Gasteiger partial charge in [-0.15, -0.1) is 0 Å². The Morgan fingerprint density at radius 3 is 2.93 bits per heavy atom. The van der Waals surface area contributed by atoms with Crippen LogP contribution in [0, 0.1) is 0 Å². The summed E-state index contributed by atoms with van der Waals surface area (Å²) in [5, 5.41) is 3.62. The summed E-state index contributed by atoms with van der Waals surface area (Å²) >= 11 is 0. The van der Waals surface area contributed by atoms with Gasteiger partial charge in [0.1, 0.15) is 0 Å². The Kier molecular flexibility index (Phi) is 2.62. The molecule has 0 aliphatic carbocycles. The summed E-state index contributed by atoms with van der Waals surface area (Å²) in [5.41, 5.74) is 0.182. The standard InChI is InChI=1S/C11H21N3/c1-9(2)14-5-4-13-11(8-14)6-10(3)12-7-11/h7,9-10,13H,4-6,8H2,1-3H3. The summed E-state index contributed by atoms with van der Waals surface area (Å²) < 4.78 is 0. The molecule has 3 nitrogen and oxygen atoms in total. The van der Waals surface area contributed by atoms with Gasteiger partial charge in [0.05, 0.1) is 5.54 Å². The first kappa shape index (κ1) is 10.1. The Morgan fingerprint density at radius 1 is 1.57 bits per heavy atom. The van der Waals surface area contributed by atoms with E-state index in [4.69, 9.17) is 0 Å². The van der Waals surface area contributed by atoms with Crippen LogP contribution in [0.1, 0.15) is 27.2 Å². The van der Waals surface area contributed by atoms with Crippen LogP contribution in [0.15, 0.2) is 4.99 Å². The molecule has 2 atom stereocenters. The van der Waals surface area contributed by atoms with Crippen molar-refractivity contribution in [1.29, 1.82) is 0 Å². The van der Waals surface area contributed by atoms with Crippen LogP contribution in [-0.4, -0.2) is 48.4 Å². The summed E-state index contributed by atoms with van der Waals surface area (Å²) in [4.78, 5) is 7.03. The summed E-state index contributed by atoms with van der Waals surface area (Å²) in [5.74, 6) is 0. The number of nitrogens with zero attached hydrogens (tertiary/aromatic N) is 2. The molecule has 0 amide bonds. The lowest BCUT2D eigenvalue weighted by Crippen LogP contribution is -2.62. The van der Waals surface area contributed by atoms with E-state index < -0.39 is 0 Å². The topological polar surface area (TPSA) is 27.6 Å². The Balaban J connectivity index is 2.04. The maximum absolute atomic E-state index is 4.49. The van der Waals surface area contributed by atoms with Gasteiger partial charge in [-0.05, 0) is 27.2 Å². The third kappa shape index (κ3) is 1.84. The van der Waals surface area contributed by atoms with Crippen molar-refractivity contribution < 1.29 is 0 Å². The first-order valence-electron chi connectivity index (χ1n) is 5.65. The average Bonchev–Trinajstić information content (AvgIpc) is 2.47. The Bertz CT molecular complexity index is 237. The third-order valence-corrected chi connectivity index (χ3v) is 3.33. The van der Waals surface area contributed by atoms with Crippen LogP contribution in [0.4, 0.5) is 0 Å². The smallest absolute Gasteiger partial charge is 0.0683 e. The maximum atomic E-state index is 4.49. The van der Waals surface area contributed by atoms with Crippen molar-refractivity contribution in [2.24, 2.45) is 4.99 Å². The molecule has 80 valence electrons. The van der Waals surface area contributed by atoms with Crippen molar-refractivity contribution in [2.45, 2.75) is 44.8 Å². The van der Waals surface area contributed by atoms with Crippen LogP contribution >= 0.6 is 0 Å². The molecule has 1 N–H and O–H groups in total. The van der Waals surface area contributed by atoms with Gasteiger partial charge >= 0.3 is 0 Å². The van der Waals surface area contributed by atoms with Gasteiger partial charge in [0, 0.05) is 37.9 Å². The predicted molar refractivity (Wildman–Crippen MR) is 60.0 cm³/mol. The van der Waals surface area contributed by atoms with Crippen molar-refractivity contribution in [1.82, 2.24) is 10.2 Å². The highest BCUT2D eigenvalue weighted by atomic mass is 15.2. The Morgan fingerprint density at radius 2 is 2.36 bits per heavy atom. The van der Waals surface area contributed by atoms with Gasteiger partial charge in [-0.1, -0.05) is 0 Å². The highest BCUT2D eigenvalue weighted by molar-refractivity contribution is 5.73. The van der Waals surface area contributed by atoms with E-state index in [1.165, 1.54) is 6.54 Å². The zero-order valence-corrected chi connectivity index (χ0v) is 9.45. The quantitative estimate of drug-likeness (QED) is 0.673. The minimum absolute atomic E-state index is 0.182. The fourth-order valence-corrected chi connectivity index (χ4v) is 2.51. The van der Waals surface area contributed by atoms with Gasteiger partial charge in [0.2, 0.25) is 0 Å². The number of nitrogens with one attached hydrogen (secondary N) is 1. The van der Waals surface area contributed by atoms with Gasteiger partial charge < -0.3 is 5.32 Å². The zero-order valence-electron chi connectivity index (χ0n) is 9.45. The van der Waals surface area contributed by atoms with Gasteiger partial charge in [0.25, 0.3) is 0 Å². The van der Waals surface area contributed by atoms with Crippen molar-refractivity contribution >= 4 is 6.21 Å². The van der Waals surface area contributed by atoms with Gasteiger partial charge in [0.15, 0.2) is 0 Å². The van der Waals surface area contributed by atoms with Crippen LogP contribution in [0.3, 0.4) is 0 Å². The largest absolute Gasteiger partial charge is 0.304 e. The van der Waals surface area contributed by atoms with Gasteiger partial charge in [-0.3, -0.25) is 9.89 Å².